The van der Waals surface area contributed by atoms with E-state index in [0.717, 1.165) is 16.8 Å². The Morgan fingerprint density at radius 2 is 1.74 bits per heavy atom. The summed E-state index contributed by atoms with van der Waals surface area (Å²) in [6.07, 6.45) is 1.64. The molecule has 1 N–H and O–H groups in total. The van der Waals surface area contributed by atoms with Gasteiger partial charge >= 0.3 is 0 Å². The van der Waals surface area contributed by atoms with Gasteiger partial charge in [0.1, 0.15) is 0 Å². The number of benzene rings is 3. The summed E-state index contributed by atoms with van der Waals surface area (Å²) in [4.78, 5) is 12.4. The van der Waals surface area contributed by atoms with E-state index in [1.165, 1.54) is 17.3 Å². The summed E-state index contributed by atoms with van der Waals surface area (Å²) >= 11 is 7.34. The minimum atomic E-state index is -0.226. The molecule has 1 aromatic heterocycles. The van der Waals surface area contributed by atoms with Crippen molar-refractivity contribution in [3.05, 3.63) is 95.0 Å². The average molecular weight is 490 g/mol. The number of hydrogen-bond donors (Lipinski definition) is 1. The van der Waals surface area contributed by atoms with Gasteiger partial charge in [0.15, 0.2) is 11.0 Å². The van der Waals surface area contributed by atoms with Crippen LogP contribution in [0.4, 0.5) is 0 Å². The lowest BCUT2D eigenvalue weighted by molar-refractivity contribution is -0.118. The van der Waals surface area contributed by atoms with Gasteiger partial charge < -0.3 is 0 Å². The van der Waals surface area contributed by atoms with Gasteiger partial charge in [-0.15, -0.1) is 10.2 Å². The maximum absolute atomic E-state index is 12.4. The van der Waals surface area contributed by atoms with E-state index in [9.17, 15) is 4.79 Å². The number of carbonyl (C=O) groups is 1. The van der Waals surface area contributed by atoms with Crippen LogP contribution in [-0.2, 0) is 4.79 Å². The van der Waals surface area contributed by atoms with Gasteiger partial charge in [0.25, 0.3) is 5.91 Å². The van der Waals surface area contributed by atoms with Crippen LogP contribution in [0.1, 0.15) is 30.9 Å². The molecule has 4 rings (SSSR count). The topological polar surface area (TPSA) is 72.2 Å². The van der Waals surface area contributed by atoms with Crippen LogP contribution in [0.25, 0.3) is 17.1 Å². The van der Waals surface area contributed by atoms with E-state index in [1.54, 1.807) is 6.21 Å². The first-order valence-electron chi connectivity index (χ1n) is 10.8. The number of carbonyl (C=O) groups excluding carboxylic acids is 1. The summed E-state index contributed by atoms with van der Waals surface area (Å²) in [6.45, 7) is 4.30. The van der Waals surface area contributed by atoms with Gasteiger partial charge in [-0.2, -0.15) is 5.10 Å². The molecule has 34 heavy (non-hydrogen) atoms. The first kappa shape index (κ1) is 23.7. The lowest BCUT2D eigenvalue weighted by Crippen LogP contribution is -2.20. The van der Waals surface area contributed by atoms with E-state index in [4.69, 9.17) is 11.6 Å². The highest BCUT2D eigenvalue weighted by atomic mass is 35.5. The highest BCUT2D eigenvalue weighted by molar-refractivity contribution is 7.99. The molecule has 0 aliphatic carbocycles. The van der Waals surface area contributed by atoms with Crippen LogP contribution < -0.4 is 5.43 Å². The zero-order valence-corrected chi connectivity index (χ0v) is 20.4. The predicted molar refractivity (Wildman–Crippen MR) is 139 cm³/mol. The van der Waals surface area contributed by atoms with E-state index >= 15 is 0 Å². The van der Waals surface area contributed by atoms with Crippen LogP contribution in [0.5, 0.6) is 0 Å². The van der Waals surface area contributed by atoms with Crippen molar-refractivity contribution < 1.29 is 4.79 Å². The van der Waals surface area contributed by atoms with Crippen LogP contribution in [-0.4, -0.2) is 32.6 Å². The molecule has 0 aliphatic rings. The number of hydrogen-bond acceptors (Lipinski definition) is 5. The zero-order chi connectivity index (χ0) is 23.9. The highest BCUT2D eigenvalue weighted by Crippen LogP contribution is 2.28. The molecule has 0 unspecified atom stereocenters. The Labute approximate surface area is 208 Å². The van der Waals surface area contributed by atoms with Gasteiger partial charge in [-0.25, -0.2) is 5.43 Å². The Balaban J connectivity index is 1.45. The molecular formula is C26H24ClN5OS. The van der Waals surface area contributed by atoms with Gasteiger partial charge in [-0.3, -0.25) is 9.36 Å². The third kappa shape index (κ3) is 5.92. The summed E-state index contributed by atoms with van der Waals surface area (Å²) in [5.74, 6) is 1.07. The SMILES string of the molecule is CC(C)c1ccc(/C=N\NC(=O)CSc2nnc(-c3ccc(Cl)cc3)n2-c2ccccc2)cc1. The summed E-state index contributed by atoms with van der Waals surface area (Å²) < 4.78 is 1.93. The third-order valence-corrected chi connectivity index (χ3v) is 6.27. The van der Waals surface area contributed by atoms with Crippen molar-refractivity contribution in [1.29, 1.82) is 0 Å². The summed E-state index contributed by atoms with van der Waals surface area (Å²) in [6, 6.07) is 25.3. The van der Waals surface area contributed by atoms with E-state index in [0.29, 0.717) is 21.9 Å². The Morgan fingerprint density at radius 3 is 2.41 bits per heavy atom. The molecule has 0 radical (unpaired) electrons. The molecule has 0 atom stereocenters. The lowest BCUT2D eigenvalue weighted by atomic mass is 10.0. The fourth-order valence-electron chi connectivity index (χ4n) is 3.27. The maximum Gasteiger partial charge on any atom is 0.250 e. The molecule has 1 amide bonds. The molecule has 8 heteroatoms. The van der Waals surface area contributed by atoms with E-state index in [-0.39, 0.29) is 11.7 Å². The van der Waals surface area contributed by atoms with Crippen LogP contribution >= 0.6 is 23.4 Å². The molecule has 4 aromatic rings. The second-order valence-corrected chi connectivity index (χ2v) is 9.27. The van der Waals surface area contributed by atoms with Crippen molar-refractivity contribution in [2.24, 2.45) is 5.10 Å². The average Bonchev–Trinajstić information content (AvgIpc) is 3.28. The molecule has 0 spiro atoms. The number of hydrazone groups is 1. The van der Waals surface area contributed by atoms with E-state index in [2.05, 4.69) is 46.7 Å². The first-order valence-corrected chi connectivity index (χ1v) is 12.2. The molecule has 0 aliphatic heterocycles. The minimum Gasteiger partial charge on any atom is -0.272 e. The van der Waals surface area contributed by atoms with Crippen molar-refractivity contribution in [1.82, 2.24) is 20.2 Å². The second kappa shape index (κ2) is 11.1. The Hall–Kier alpha value is -3.42. The smallest absolute Gasteiger partial charge is 0.250 e. The third-order valence-electron chi connectivity index (χ3n) is 5.09. The molecule has 1 heterocycles. The molecule has 0 saturated carbocycles. The van der Waals surface area contributed by atoms with Crippen molar-refractivity contribution in [3.63, 3.8) is 0 Å². The highest BCUT2D eigenvalue weighted by Gasteiger charge is 2.17. The van der Waals surface area contributed by atoms with Crippen LogP contribution in [0.15, 0.2) is 89.1 Å². The summed E-state index contributed by atoms with van der Waals surface area (Å²) in [5, 5.41) is 14.1. The summed E-state index contributed by atoms with van der Waals surface area (Å²) in [5.41, 5.74) is 6.55. The van der Waals surface area contributed by atoms with Gasteiger partial charge in [0.05, 0.1) is 12.0 Å². The summed E-state index contributed by atoms with van der Waals surface area (Å²) in [7, 11) is 0. The number of halogens is 1. The Morgan fingerprint density at radius 1 is 1.03 bits per heavy atom. The number of para-hydroxylation sites is 1. The normalized spacial score (nSPS) is 11.3. The van der Waals surface area contributed by atoms with Crippen LogP contribution in [0.3, 0.4) is 0 Å². The predicted octanol–water partition coefficient (Wildman–Crippen LogP) is 5.95. The van der Waals surface area contributed by atoms with Gasteiger partial charge in [0.2, 0.25) is 0 Å². The van der Waals surface area contributed by atoms with Crippen LogP contribution in [0.2, 0.25) is 5.02 Å². The molecule has 0 bridgehead atoms. The molecule has 0 fully saturated rings. The van der Waals surface area contributed by atoms with Crippen LogP contribution in [0, 0.1) is 0 Å². The number of amides is 1. The minimum absolute atomic E-state index is 0.148. The Bertz CT molecular complexity index is 1270. The largest absolute Gasteiger partial charge is 0.272 e. The quantitative estimate of drug-likeness (QED) is 0.188. The number of thioether (sulfide) groups is 1. The van der Waals surface area contributed by atoms with Crippen molar-refractivity contribution in [3.8, 4) is 17.1 Å². The fraction of sp³-hybridized carbons (Fsp3) is 0.154. The van der Waals surface area contributed by atoms with E-state index < -0.39 is 0 Å². The zero-order valence-electron chi connectivity index (χ0n) is 18.9. The number of aromatic nitrogens is 3. The van der Waals surface area contributed by atoms with Gasteiger partial charge in [-0.1, -0.05) is 79.7 Å². The standard InChI is InChI=1S/C26H24ClN5OS/c1-18(2)20-10-8-19(9-11-20)16-28-29-24(33)17-34-26-31-30-25(21-12-14-22(27)15-13-21)32(26)23-6-4-3-5-7-23/h3-16,18H,17H2,1-2H3,(H,29,33)/b28-16-. The van der Waals surface area contributed by atoms with Crippen molar-refractivity contribution in [2.45, 2.75) is 24.9 Å². The fourth-order valence-corrected chi connectivity index (χ4v) is 4.14. The molecule has 0 saturated heterocycles. The second-order valence-electron chi connectivity index (χ2n) is 7.89. The van der Waals surface area contributed by atoms with Gasteiger partial charge in [0, 0.05) is 16.3 Å². The Kier molecular flexibility index (Phi) is 7.77. The van der Waals surface area contributed by atoms with Gasteiger partial charge in [-0.05, 0) is 53.4 Å². The number of nitrogens with one attached hydrogen (secondary N) is 1. The van der Waals surface area contributed by atoms with Crippen molar-refractivity contribution >= 4 is 35.5 Å². The maximum atomic E-state index is 12.4. The number of nitrogens with zero attached hydrogens (tertiary/aromatic N) is 4. The molecule has 6 nitrogen and oxygen atoms in total. The van der Waals surface area contributed by atoms with E-state index in [1.807, 2.05) is 71.3 Å². The lowest BCUT2D eigenvalue weighted by Gasteiger charge is -2.10. The molecular weight excluding hydrogens is 466 g/mol. The monoisotopic (exact) mass is 489 g/mol. The molecule has 172 valence electrons. The first-order chi connectivity index (χ1) is 16.5. The number of rotatable bonds is 8. The molecule has 3 aromatic carbocycles. The van der Waals surface area contributed by atoms with Crippen molar-refractivity contribution in [2.75, 3.05) is 5.75 Å².